The third-order valence-corrected chi connectivity index (χ3v) is 3.74. The van der Waals surface area contributed by atoms with Crippen molar-refractivity contribution in [2.24, 2.45) is 5.92 Å². The molecule has 0 aromatic heterocycles. The van der Waals surface area contributed by atoms with Crippen molar-refractivity contribution >= 4 is 5.97 Å². The standard InChI is InChI=1S/C15H22N2O2/c1-10(2)14(13-9-16-6-7-17-13)11-4-3-5-12(8-11)15(18)19/h3-5,8,10,13-14,16-17H,6-7,9H2,1-2H3,(H,18,19)/t13?,14-/m0/s1. The Hall–Kier alpha value is -1.39. The van der Waals surface area contributed by atoms with Gasteiger partial charge in [-0.15, -0.1) is 0 Å². The third kappa shape index (κ3) is 3.33. The second kappa shape index (κ2) is 6.17. The maximum Gasteiger partial charge on any atom is 0.335 e. The van der Waals surface area contributed by atoms with Crippen LogP contribution in [-0.2, 0) is 0 Å². The molecule has 4 heteroatoms. The summed E-state index contributed by atoms with van der Waals surface area (Å²) in [6.07, 6.45) is 0. The zero-order valence-corrected chi connectivity index (χ0v) is 11.5. The van der Waals surface area contributed by atoms with Gasteiger partial charge in [0, 0.05) is 31.6 Å². The summed E-state index contributed by atoms with van der Waals surface area (Å²) < 4.78 is 0. The van der Waals surface area contributed by atoms with E-state index in [4.69, 9.17) is 5.11 Å². The van der Waals surface area contributed by atoms with Crippen LogP contribution in [0, 0.1) is 5.92 Å². The first kappa shape index (κ1) is 14.0. The number of carboxylic acid groups (broad SMARTS) is 1. The highest BCUT2D eigenvalue weighted by Crippen LogP contribution is 2.29. The summed E-state index contributed by atoms with van der Waals surface area (Å²) >= 11 is 0. The third-order valence-electron chi connectivity index (χ3n) is 3.74. The number of rotatable bonds is 4. The van der Waals surface area contributed by atoms with E-state index in [1.54, 1.807) is 6.07 Å². The van der Waals surface area contributed by atoms with Crippen LogP contribution in [0.15, 0.2) is 24.3 Å². The quantitative estimate of drug-likeness (QED) is 0.772. The summed E-state index contributed by atoms with van der Waals surface area (Å²) in [5, 5.41) is 16.0. The first-order valence-electron chi connectivity index (χ1n) is 6.87. The predicted octanol–water partition coefficient (Wildman–Crippen LogP) is 1.69. The van der Waals surface area contributed by atoms with Crippen LogP contribution in [0.3, 0.4) is 0 Å². The van der Waals surface area contributed by atoms with Crippen molar-refractivity contribution in [3.05, 3.63) is 35.4 Å². The number of carbonyl (C=O) groups is 1. The van der Waals surface area contributed by atoms with Crippen LogP contribution in [0.25, 0.3) is 0 Å². The van der Waals surface area contributed by atoms with Crippen molar-refractivity contribution in [3.8, 4) is 0 Å². The van der Waals surface area contributed by atoms with Crippen LogP contribution >= 0.6 is 0 Å². The monoisotopic (exact) mass is 262 g/mol. The topological polar surface area (TPSA) is 61.4 Å². The molecule has 1 unspecified atom stereocenters. The summed E-state index contributed by atoms with van der Waals surface area (Å²) in [5.74, 6) is -0.0763. The Balaban J connectivity index is 2.27. The Morgan fingerprint density at radius 1 is 1.37 bits per heavy atom. The predicted molar refractivity (Wildman–Crippen MR) is 75.6 cm³/mol. The van der Waals surface area contributed by atoms with Crippen molar-refractivity contribution in [3.63, 3.8) is 0 Å². The van der Waals surface area contributed by atoms with Crippen molar-refractivity contribution in [1.29, 1.82) is 0 Å². The van der Waals surface area contributed by atoms with Gasteiger partial charge in [0.1, 0.15) is 0 Å². The number of benzene rings is 1. The molecule has 1 saturated heterocycles. The maximum atomic E-state index is 11.1. The number of piperazine rings is 1. The molecule has 1 aromatic carbocycles. The van der Waals surface area contributed by atoms with Gasteiger partial charge in [-0.2, -0.15) is 0 Å². The molecule has 0 bridgehead atoms. The van der Waals surface area contributed by atoms with Crippen molar-refractivity contribution in [2.75, 3.05) is 19.6 Å². The fraction of sp³-hybridized carbons (Fsp3) is 0.533. The highest BCUT2D eigenvalue weighted by molar-refractivity contribution is 5.87. The molecule has 0 spiro atoms. The van der Waals surface area contributed by atoms with E-state index in [2.05, 4.69) is 24.5 Å². The fourth-order valence-electron chi connectivity index (χ4n) is 2.89. The smallest absolute Gasteiger partial charge is 0.335 e. The molecule has 1 fully saturated rings. The Morgan fingerprint density at radius 2 is 2.16 bits per heavy atom. The van der Waals surface area contributed by atoms with E-state index in [0.717, 1.165) is 25.2 Å². The summed E-state index contributed by atoms with van der Waals surface area (Å²) in [5.41, 5.74) is 1.48. The summed E-state index contributed by atoms with van der Waals surface area (Å²) in [7, 11) is 0. The molecule has 19 heavy (non-hydrogen) atoms. The molecular formula is C15H22N2O2. The molecule has 104 valence electrons. The lowest BCUT2D eigenvalue weighted by Crippen LogP contribution is -2.52. The van der Waals surface area contributed by atoms with Crippen LogP contribution < -0.4 is 10.6 Å². The number of carboxylic acids is 1. The van der Waals surface area contributed by atoms with Gasteiger partial charge in [0.15, 0.2) is 0 Å². The van der Waals surface area contributed by atoms with E-state index in [1.807, 2.05) is 18.2 Å². The van der Waals surface area contributed by atoms with Crippen molar-refractivity contribution in [2.45, 2.75) is 25.8 Å². The molecule has 0 amide bonds. The molecule has 1 aliphatic heterocycles. The van der Waals surface area contributed by atoms with Crippen LogP contribution in [-0.4, -0.2) is 36.8 Å². The van der Waals surface area contributed by atoms with Gasteiger partial charge in [-0.25, -0.2) is 4.79 Å². The Kier molecular flexibility index (Phi) is 4.56. The molecule has 1 aliphatic rings. The fourth-order valence-corrected chi connectivity index (χ4v) is 2.89. The van der Waals surface area contributed by atoms with Crippen LogP contribution in [0.2, 0.25) is 0 Å². The minimum atomic E-state index is -0.862. The van der Waals surface area contributed by atoms with E-state index in [1.165, 1.54) is 0 Å². The number of nitrogens with one attached hydrogen (secondary N) is 2. The van der Waals surface area contributed by atoms with Gasteiger partial charge in [0.25, 0.3) is 0 Å². The lowest BCUT2D eigenvalue weighted by Gasteiger charge is -2.34. The first-order chi connectivity index (χ1) is 9.09. The minimum absolute atomic E-state index is 0.326. The van der Waals surface area contributed by atoms with E-state index in [9.17, 15) is 4.79 Å². The second-order valence-corrected chi connectivity index (χ2v) is 5.47. The highest BCUT2D eigenvalue weighted by atomic mass is 16.4. The molecular weight excluding hydrogens is 240 g/mol. The highest BCUT2D eigenvalue weighted by Gasteiger charge is 2.27. The van der Waals surface area contributed by atoms with Gasteiger partial charge in [0.05, 0.1) is 5.56 Å². The van der Waals surface area contributed by atoms with Crippen LogP contribution in [0.5, 0.6) is 0 Å². The molecule has 4 nitrogen and oxygen atoms in total. The zero-order valence-electron chi connectivity index (χ0n) is 11.5. The van der Waals surface area contributed by atoms with Crippen molar-refractivity contribution < 1.29 is 9.90 Å². The second-order valence-electron chi connectivity index (χ2n) is 5.47. The normalized spacial score (nSPS) is 21.3. The van der Waals surface area contributed by atoms with Gasteiger partial charge in [0.2, 0.25) is 0 Å². The van der Waals surface area contributed by atoms with Crippen LogP contribution in [0.4, 0.5) is 0 Å². The Bertz CT molecular complexity index is 440. The van der Waals surface area contributed by atoms with Gasteiger partial charge < -0.3 is 15.7 Å². The lowest BCUT2D eigenvalue weighted by atomic mass is 9.81. The molecule has 2 rings (SSSR count). The summed E-state index contributed by atoms with van der Waals surface area (Å²) in [6, 6.07) is 7.69. The largest absolute Gasteiger partial charge is 0.478 e. The van der Waals surface area contributed by atoms with E-state index < -0.39 is 5.97 Å². The number of hydrogen-bond donors (Lipinski definition) is 3. The summed E-state index contributed by atoms with van der Waals surface area (Å²) in [4.78, 5) is 11.1. The summed E-state index contributed by atoms with van der Waals surface area (Å²) in [6.45, 7) is 7.27. The molecule has 0 saturated carbocycles. The molecule has 3 N–H and O–H groups in total. The Labute approximate surface area is 114 Å². The van der Waals surface area contributed by atoms with E-state index in [-0.39, 0.29) is 0 Å². The van der Waals surface area contributed by atoms with Gasteiger partial charge in [-0.3, -0.25) is 0 Å². The number of aromatic carboxylic acids is 1. The zero-order chi connectivity index (χ0) is 13.8. The molecule has 0 radical (unpaired) electrons. The molecule has 1 heterocycles. The average Bonchev–Trinajstić information content (AvgIpc) is 2.40. The van der Waals surface area contributed by atoms with Crippen LogP contribution in [0.1, 0.15) is 35.7 Å². The minimum Gasteiger partial charge on any atom is -0.478 e. The van der Waals surface area contributed by atoms with E-state index >= 15 is 0 Å². The molecule has 2 atom stereocenters. The maximum absolute atomic E-state index is 11.1. The van der Waals surface area contributed by atoms with E-state index in [0.29, 0.717) is 23.4 Å². The van der Waals surface area contributed by atoms with Gasteiger partial charge in [-0.05, 0) is 23.6 Å². The average molecular weight is 262 g/mol. The van der Waals surface area contributed by atoms with Gasteiger partial charge >= 0.3 is 5.97 Å². The lowest BCUT2D eigenvalue weighted by molar-refractivity contribution is 0.0696. The first-order valence-corrected chi connectivity index (χ1v) is 6.87. The SMILES string of the molecule is CC(C)[C@@H](c1cccc(C(=O)O)c1)C1CNCCN1. The number of hydrogen-bond acceptors (Lipinski definition) is 3. The van der Waals surface area contributed by atoms with Gasteiger partial charge in [-0.1, -0.05) is 26.0 Å². The Morgan fingerprint density at radius 3 is 2.74 bits per heavy atom. The molecule has 1 aromatic rings. The molecule has 0 aliphatic carbocycles. The van der Waals surface area contributed by atoms with Crippen molar-refractivity contribution in [1.82, 2.24) is 10.6 Å².